The Morgan fingerprint density at radius 3 is 2.74 bits per heavy atom. The van der Waals surface area contributed by atoms with E-state index in [-0.39, 0.29) is 17.9 Å². The van der Waals surface area contributed by atoms with Crippen molar-refractivity contribution >= 4 is 17.7 Å². The lowest BCUT2D eigenvalue weighted by atomic mass is 9.90. The van der Waals surface area contributed by atoms with Gasteiger partial charge in [0.15, 0.2) is 0 Å². The Balaban J connectivity index is 1.79. The van der Waals surface area contributed by atoms with Crippen molar-refractivity contribution in [2.75, 3.05) is 19.5 Å². The molecule has 0 aromatic carbocycles. The minimum Gasteiger partial charge on any atom is -0.381 e. The fraction of sp³-hybridized carbons (Fsp3) is 0.929. The fourth-order valence-corrected chi connectivity index (χ4v) is 3.90. The molecule has 1 heterocycles. The molecule has 0 aromatic heterocycles. The van der Waals surface area contributed by atoms with Gasteiger partial charge in [-0.25, -0.2) is 0 Å². The third kappa shape index (κ3) is 4.36. The predicted octanol–water partition coefficient (Wildman–Crippen LogP) is 1.53. The first-order valence-electron chi connectivity index (χ1n) is 7.37. The Morgan fingerprint density at radius 1 is 1.32 bits per heavy atom. The van der Waals surface area contributed by atoms with Gasteiger partial charge in [-0.3, -0.25) is 4.79 Å². The molecule has 0 aromatic rings. The fourth-order valence-electron chi connectivity index (χ4n) is 3.08. The van der Waals surface area contributed by atoms with Gasteiger partial charge in [0.05, 0.1) is 6.04 Å². The van der Waals surface area contributed by atoms with Crippen LogP contribution in [-0.4, -0.2) is 42.7 Å². The second-order valence-corrected chi connectivity index (χ2v) is 6.84. The lowest BCUT2D eigenvalue weighted by Gasteiger charge is -2.31. The van der Waals surface area contributed by atoms with Crippen LogP contribution in [0.5, 0.6) is 0 Å². The average molecular weight is 286 g/mol. The van der Waals surface area contributed by atoms with Gasteiger partial charge in [-0.05, 0) is 44.3 Å². The van der Waals surface area contributed by atoms with E-state index in [0.29, 0.717) is 11.3 Å². The minimum absolute atomic E-state index is 0.0404. The maximum absolute atomic E-state index is 12.2. The molecule has 5 heteroatoms. The molecule has 19 heavy (non-hydrogen) atoms. The average Bonchev–Trinajstić information content (AvgIpc) is 2.47. The number of nitrogens with two attached hydrogens (primary N) is 1. The zero-order valence-electron chi connectivity index (χ0n) is 11.8. The monoisotopic (exact) mass is 286 g/mol. The van der Waals surface area contributed by atoms with E-state index in [9.17, 15) is 4.79 Å². The van der Waals surface area contributed by atoms with Crippen LogP contribution in [0.25, 0.3) is 0 Å². The van der Waals surface area contributed by atoms with Gasteiger partial charge < -0.3 is 15.8 Å². The number of amides is 1. The van der Waals surface area contributed by atoms with Gasteiger partial charge in [-0.2, -0.15) is 11.8 Å². The Morgan fingerprint density at radius 2 is 2.05 bits per heavy atom. The maximum Gasteiger partial charge on any atom is 0.237 e. The molecular formula is C14H26N2O2S. The first kappa shape index (κ1) is 15.1. The van der Waals surface area contributed by atoms with Crippen molar-refractivity contribution in [1.29, 1.82) is 0 Å². The molecule has 0 spiro atoms. The third-order valence-electron chi connectivity index (χ3n) is 4.38. The van der Waals surface area contributed by atoms with Crippen LogP contribution < -0.4 is 11.1 Å². The normalized spacial score (nSPS) is 30.8. The number of hydrogen-bond acceptors (Lipinski definition) is 4. The first-order valence-corrected chi connectivity index (χ1v) is 8.66. The summed E-state index contributed by atoms with van der Waals surface area (Å²) in [5.74, 6) is 0.326. The number of thioether (sulfide) groups is 1. The molecular weight excluding hydrogens is 260 g/mol. The molecule has 0 radical (unpaired) electrons. The highest BCUT2D eigenvalue weighted by Crippen LogP contribution is 2.27. The summed E-state index contributed by atoms with van der Waals surface area (Å²) in [7, 11) is 0. The van der Waals surface area contributed by atoms with Gasteiger partial charge in [0.2, 0.25) is 5.91 Å². The maximum atomic E-state index is 12.2. The van der Waals surface area contributed by atoms with Crippen LogP contribution in [0.15, 0.2) is 0 Å². The highest BCUT2D eigenvalue weighted by atomic mass is 32.2. The number of hydrogen-bond donors (Lipinski definition) is 2. The molecule has 4 nitrogen and oxygen atoms in total. The van der Waals surface area contributed by atoms with Crippen LogP contribution in [0.4, 0.5) is 0 Å². The van der Waals surface area contributed by atoms with Crippen molar-refractivity contribution < 1.29 is 9.53 Å². The van der Waals surface area contributed by atoms with Crippen LogP contribution in [0.2, 0.25) is 0 Å². The predicted molar refractivity (Wildman–Crippen MR) is 79.2 cm³/mol. The molecule has 2 rings (SSSR count). The van der Waals surface area contributed by atoms with E-state index in [1.807, 2.05) is 11.8 Å². The highest BCUT2D eigenvalue weighted by molar-refractivity contribution is 7.99. The summed E-state index contributed by atoms with van der Waals surface area (Å²) in [5, 5.41) is 3.86. The second-order valence-electron chi connectivity index (χ2n) is 5.71. The van der Waals surface area contributed by atoms with Crippen molar-refractivity contribution in [2.45, 2.75) is 55.9 Å². The molecule has 1 saturated carbocycles. The SMILES string of the molecule is CSC1CCCC(NC(=O)C(N)C2CCOCC2)C1. The summed E-state index contributed by atoms with van der Waals surface area (Å²) in [6, 6.07) is -0.0388. The van der Waals surface area contributed by atoms with Crippen molar-refractivity contribution in [1.82, 2.24) is 5.32 Å². The Kier molecular flexibility index (Phi) is 5.98. The zero-order chi connectivity index (χ0) is 13.7. The number of rotatable bonds is 4. The number of nitrogens with one attached hydrogen (secondary N) is 1. The zero-order valence-corrected chi connectivity index (χ0v) is 12.6. The van der Waals surface area contributed by atoms with Crippen LogP contribution in [0, 0.1) is 5.92 Å². The molecule has 3 N–H and O–H groups in total. The summed E-state index contributed by atoms with van der Waals surface area (Å²) in [6.45, 7) is 1.48. The van der Waals surface area contributed by atoms with Crippen LogP contribution in [-0.2, 0) is 9.53 Å². The molecule has 1 saturated heterocycles. The van der Waals surface area contributed by atoms with E-state index in [4.69, 9.17) is 10.5 Å². The lowest BCUT2D eigenvalue weighted by Crippen LogP contribution is -2.51. The number of carbonyl (C=O) groups is 1. The molecule has 1 amide bonds. The van der Waals surface area contributed by atoms with E-state index in [1.165, 1.54) is 12.8 Å². The third-order valence-corrected chi connectivity index (χ3v) is 5.48. The van der Waals surface area contributed by atoms with Crippen molar-refractivity contribution in [3.63, 3.8) is 0 Å². The van der Waals surface area contributed by atoms with Crippen molar-refractivity contribution in [3.8, 4) is 0 Å². The van der Waals surface area contributed by atoms with Gasteiger partial charge in [-0.1, -0.05) is 6.42 Å². The van der Waals surface area contributed by atoms with Gasteiger partial charge >= 0.3 is 0 Å². The largest absolute Gasteiger partial charge is 0.381 e. The van der Waals surface area contributed by atoms with Crippen LogP contribution in [0.3, 0.4) is 0 Å². The van der Waals surface area contributed by atoms with Gasteiger partial charge in [-0.15, -0.1) is 0 Å². The van der Waals surface area contributed by atoms with Crippen LogP contribution in [0.1, 0.15) is 38.5 Å². The van der Waals surface area contributed by atoms with E-state index in [0.717, 1.165) is 38.9 Å². The molecule has 3 atom stereocenters. The van der Waals surface area contributed by atoms with Crippen molar-refractivity contribution in [2.24, 2.45) is 11.7 Å². The quantitative estimate of drug-likeness (QED) is 0.822. The standard InChI is InChI=1S/C14H26N2O2S/c1-19-12-4-2-3-11(9-12)16-14(17)13(15)10-5-7-18-8-6-10/h10-13H,2-9,15H2,1H3,(H,16,17). The second kappa shape index (κ2) is 7.50. The van der Waals surface area contributed by atoms with Gasteiger partial charge in [0.1, 0.15) is 0 Å². The first-order chi connectivity index (χ1) is 9.20. The van der Waals surface area contributed by atoms with E-state index >= 15 is 0 Å². The molecule has 110 valence electrons. The Labute approximate surface area is 120 Å². The summed E-state index contributed by atoms with van der Waals surface area (Å²) >= 11 is 1.91. The van der Waals surface area contributed by atoms with E-state index < -0.39 is 0 Å². The Bertz CT molecular complexity index is 295. The van der Waals surface area contributed by atoms with Gasteiger partial charge in [0, 0.05) is 24.5 Å². The van der Waals surface area contributed by atoms with E-state index in [1.54, 1.807) is 0 Å². The minimum atomic E-state index is -0.362. The summed E-state index contributed by atoms with van der Waals surface area (Å²) in [4.78, 5) is 12.2. The van der Waals surface area contributed by atoms with Crippen molar-refractivity contribution in [3.05, 3.63) is 0 Å². The molecule has 2 aliphatic rings. The van der Waals surface area contributed by atoms with Gasteiger partial charge in [0.25, 0.3) is 0 Å². The summed E-state index contributed by atoms with van der Waals surface area (Å²) in [6.07, 6.45) is 8.65. The lowest BCUT2D eigenvalue weighted by molar-refractivity contribution is -0.125. The Hall–Kier alpha value is -0.260. The smallest absolute Gasteiger partial charge is 0.237 e. The molecule has 1 aliphatic heterocycles. The molecule has 2 fully saturated rings. The molecule has 0 bridgehead atoms. The number of ether oxygens (including phenoxy) is 1. The molecule has 1 aliphatic carbocycles. The highest BCUT2D eigenvalue weighted by Gasteiger charge is 2.29. The summed E-state index contributed by atoms with van der Waals surface area (Å²) in [5.41, 5.74) is 6.10. The topological polar surface area (TPSA) is 64.4 Å². The summed E-state index contributed by atoms with van der Waals surface area (Å²) < 4.78 is 5.32. The number of carbonyl (C=O) groups excluding carboxylic acids is 1. The van der Waals surface area contributed by atoms with Crippen LogP contribution >= 0.6 is 11.8 Å². The molecule has 3 unspecified atom stereocenters. The van der Waals surface area contributed by atoms with E-state index in [2.05, 4.69) is 11.6 Å².